The first-order chi connectivity index (χ1) is 12.7. The monoisotopic (exact) mass is 341 g/mol. The fraction of sp³-hybridized carbons (Fsp3) is 0.100. The Hall–Kier alpha value is -3.90. The number of benzene rings is 2. The molecule has 4 rings (SSSR count). The molecule has 3 N–H and O–H groups in total. The van der Waals surface area contributed by atoms with Crippen LogP contribution >= 0.6 is 0 Å². The fourth-order valence-corrected chi connectivity index (χ4v) is 3.46. The molecule has 2 aliphatic rings. The van der Waals surface area contributed by atoms with Gasteiger partial charge in [-0.05, 0) is 29.8 Å². The molecule has 1 atom stereocenters. The molecular weight excluding hydrogens is 326 g/mol. The summed E-state index contributed by atoms with van der Waals surface area (Å²) in [7, 11) is 1.58. The molecule has 2 aliphatic heterocycles. The summed E-state index contributed by atoms with van der Waals surface area (Å²) in [5.74, 6) is 1.03. The molecule has 0 saturated carbocycles. The van der Waals surface area contributed by atoms with Gasteiger partial charge in [0.2, 0.25) is 0 Å². The van der Waals surface area contributed by atoms with Gasteiger partial charge in [-0.1, -0.05) is 24.3 Å². The van der Waals surface area contributed by atoms with E-state index in [-0.39, 0.29) is 0 Å². The normalized spacial score (nSPS) is 17.8. The van der Waals surface area contributed by atoms with Crippen LogP contribution in [0.1, 0.15) is 11.5 Å². The van der Waals surface area contributed by atoms with E-state index in [1.807, 2.05) is 48.5 Å². The topological polar surface area (TPSA) is 98.1 Å². The van der Waals surface area contributed by atoms with Gasteiger partial charge in [-0.2, -0.15) is 10.5 Å². The second kappa shape index (κ2) is 5.87. The molecule has 2 aromatic rings. The minimum Gasteiger partial charge on any atom is -0.497 e. The number of fused-ring (bicyclic) bond motifs is 3. The maximum atomic E-state index is 9.90. The Morgan fingerprint density at radius 1 is 1.08 bits per heavy atom. The van der Waals surface area contributed by atoms with Crippen molar-refractivity contribution in [2.45, 2.75) is 5.92 Å². The molecule has 0 aromatic heterocycles. The predicted molar refractivity (Wildman–Crippen MR) is 97.7 cm³/mol. The van der Waals surface area contributed by atoms with E-state index < -0.39 is 5.92 Å². The van der Waals surface area contributed by atoms with Gasteiger partial charge in [0.25, 0.3) is 0 Å². The van der Waals surface area contributed by atoms with Crippen molar-refractivity contribution in [2.75, 3.05) is 17.3 Å². The van der Waals surface area contributed by atoms with E-state index in [9.17, 15) is 10.5 Å². The SMILES string of the molecule is COc1cccc([C@H]2C(C#N)=C(N)N3C(=C2C#N)Nc2ccccc23)c1. The maximum Gasteiger partial charge on any atom is 0.131 e. The molecule has 0 radical (unpaired) electrons. The molecule has 0 bridgehead atoms. The van der Waals surface area contributed by atoms with Gasteiger partial charge in [0, 0.05) is 0 Å². The fourth-order valence-electron chi connectivity index (χ4n) is 3.46. The maximum absolute atomic E-state index is 9.90. The molecule has 0 saturated heterocycles. The van der Waals surface area contributed by atoms with Gasteiger partial charge in [-0.15, -0.1) is 0 Å². The van der Waals surface area contributed by atoms with Crippen LogP contribution in [0.5, 0.6) is 5.75 Å². The lowest BCUT2D eigenvalue weighted by molar-refractivity contribution is 0.414. The van der Waals surface area contributed by atoms with E-state index in [0.717, 1.165) is 16.9 Å². The molecule has 2 aromatic carbocycles. The second-order valence-electron chi connectivity index (χ2n) is 5.97. The third-order valence-corrected chi connectivity index (χ3v) is 4.64. The summed E-state index contributed by atoms with van der Waals surface area (Å²) >= 11 is 0. The summed E-state index contributed by atoms with van der Waals surface area (Å²) in [6.45, 7) is 0. The number of methoxy groups -OCH3 is 1. The van der Waals surface area contributed by atoms with Crippen LogP contribution in [0.2, 0.25) is 0 Å². The highest BCUT2D eigenvalue weighted by Crippen LogP contribution is 2.47. The zero-order valence-electron chi connectivity index (χ0n) is 14.0. The number of nitrogens with zero attached hydrogens (tertiary/aromatic N) is 3. The first-order valence-corrected chi connectivity index (χ1v) is 8.03. The van der Waals surface area contributed by atoms with E-state index in [4.69, 9.17) is 10.5 Å². The molecule has 6 nitrogen and oxygen atoms in total. The van der Waals surface area contributed by atoms with Crippen molar-refractivity contribution < 1.29 is 4.74 Å². The molecule has 0 unspecified atom stereocenters. The lowest BCUT2D eigenvalue weighted by Crippen LogP contribution is -2.34. The van der Waals surface area contributed by atoms with Gasteiger partial charge in [0.1, 0.15) is 17.4 Å². The molecule has 6 heteroatoms. The number of nitrogens with one attached hydrogen (secondary N) is 1. The Morgan fingerprint density at radius 3 is 2.58 bits per heavy atom. The molecule has 0 fully saturated rings. The first kappa shape index (κ1) is 15.6. The number of rotatable bonds is 2. The van der Waals surface area contributed by atoms with Crippen molar-refractivity contribution in [3.63, 3.8) is 0 Å². The predicted octanol–water partition coefficient (Wildman–Crippen LogP) is 3.15. The van der Waals surface area contributed by atoms with Crippen molar-refractivity contribution in [1.29, 1.82) is 10.5 Å². The highest BCUT2D eigenvalue weighted by Gasteiger charge is 2.40. The Morgan fingerprint density at radius 2 is 1.85 bits per heavy atom. The van der Waals surface area contributed by atoms with Crippen LogP contribution in [-0.4, -0.2) is 7.11 Å². The quantitative estimate of drug-likeness (QED) is 0.871. The van der Waals surface area contributed by atoms with Crippen LogP contribution in [0.3, 0.4) is 0 Å². The van der Waals surface area contributed by atoms with Gasteiger partial charge in [0.15, 0.2) is 0 Å². The van der Waals surface area contributed by atoms with Gasteiger partial charge < -0.3 is 15.8 Å². The van der Waals surface area contributed by atoms with Crippen molar-refractivity contribution in [3.8, 4) is 17.9 Å². The van der Waals surface area contributed by atoms with Gasteiger partial charge >= 0.3 is 0 Å². The van der Waals surface area contributed by atoms with Crippen molar-refractivity contribution >= 4 is 11.4 Å². The average molecular weight is 341 g/mol. The number of nitrogens with two attached hydrogens (primary N) is 1. The van der Waals surface area contributed by atoms with E-state index in [2.05, 4.69) is 17.5 Å². The zero-order chi connectivity index (χ0) is 18.3. The van der Waals surface area contributed by atoms with Gasteiger partial charge in [-0.3, -0.25) is 4.90 Å². The van der Waals surface area contributed by atoms with Crippen molar-refractivity contribution in [2.24, 2.45) is 5.73 Å². The standard InChI is InChI=1S/C20H15N5O/c1-26-13-6-4-5-12(9-13)18-14(10-21)19(23)25-17-8-3-2-7-16(17)24-20(25)15(18)11-22/h2-9,18,24H,23H2,1H3/t18-/m0/s1. The highest BCUT2D eigenvalue weighted by molar-refractivity contribution is 5.86. The number of nitriles is 2. The molecule has 0 amide bonds. The molecule has 26 heavy (non-hydrogen) atoms. The summed E-state index contributed by atoms with van der Waals surface area (Å²) in [6.07, 6.45) is 0. The Balaban J connectivity index is 1.96. The van der Waals surface area contributed by atoms with Crippen LogP contribution in [0, 0.1) is 22.7 Å². The number of hydrogen-bond acceptors (Lipinski definition) is 6. The third kappa shape index (κ3) is 2.10. The number of hydrogen-bond donors (Lipinski definition) is 2. The van der Waals surface area contributed by atoms with Crippen LogP contribution < -0.4 is 20.7 Å². The minimum atomic E-state index is -0.548. The molecule has 126 valence electrons. The Bertz CT molecular complexity index is 1050. The molecule has 2 heterocycles. The number of anilines is 2. The Kier molecular flexibility index (Phi) is 3.53. The summed E-state index contributed by atoms with van der Waals surface area (Å²) in [4.78, 5) is 1.74. The van der Waals surface area contributed by atoms with Crippen LogP contribution in [0.15, 0.2) is 71.3 Å². The van der Waals surface area contributed by atoms with Crippen LogP contribution in [-0.2, 0) is 0 Å². The van der Waals surface area contributed by atoms with Crippen LogP contribution in [0.25, 0.3) is 0 Å². The summed E-state index contributed by atoms with van der Waals surface area (Å²) in [5, 5.41) is 23.0. The molecule has 0 aliphatic carbocycles. The highest BCUT2D eigenvalue weighted by atomic mass is 16.5. The van der Waals surface area contributed by atoms with Crippen molar-refractivity contribution in [1.82, 2.24) is 0 Å². The van der Waals surface area contributed by atoms with E-state index in [1.165, 1.54) is 0 Å². The van der Waals surface area contributed by atoms with Gasteiger partial charge in [0.05, 0.1) is 47.7 Å². The summed E-state index contributed by atoms with van der Waals surface area (Å²) < 4.78 is 5.29. The van der Waals surface area contributed by atoms with E-state index in [0.29, 0.717) is 28.5 Å². The lowest BCUT2D eigenvalue weighted by atomic mass is 9.83. The number of allylic oxidation sites excluding steroid dienone is 2. The largest absolute Gasteiger partial charge is 0.497 e. The van der Waals surface area contributed by atoms with E-state index in [1.54, 1.807) is 12.0 Å². The van der Waals surface area contributed by atoms with Crippen LogP contribution in [0.4, 0.5) is 11.4 Å². The summed E-state index contributed by atoms with van der Waals surface area (Å²) in [6, 6.07) is 19.4. The Labute approximate surface area is 151 Å². The summed E-state index contributed by atoms with van der Waals surface area (Å²) in [5.41, 5.74) is 9.62. The van der Waals surface area contributed by atoms with Crippen molar-refractivity contribution in [3.05, 3.63) is 76.9 Å². The molecule has 0 spiro atoms. The average Bonchev–Trinajstić information content (AvgIpc) is 3.07. The molecular formula is C20H15N5O. The zero-order valence-corrected chi connectivity index (χ0v) is 14.0. The third-order valence-electron chi connectivity index (χ3n) is 4.64. The lowest BCUT2D eigenvalue weighted by Gasteiger charge is -2.31. The number of para-hydroxylation sites is 2. The van der Waals surface area contributed by atoms with Gasteiger partial charge in [-0.25, -0.2) is 0 Å². The minimum absolute atomic E-state index is 0.326. The smallest absolute Gasteiger partial charge is 0.131 e. The number of ether oxygens (including phenoxy) is 1. The first-order valence-electron chi connectivity index (χ1n) is 8.03. The second-order valence-corrected chi connectivity index (χ2v) is 5.97. The van der Waals surface area contributed by atoms with E-state index >= 15 is 0 Å².